The van der Waals surface area contributed by atoms with Crippen molar-refractivity contribution in [3.63, 3.8) is 0 Å². The van der Waals surface area contributed by atoms with Gasteiger partial charge in [-0.15, -0.1) is 0 Å². The van der Waals surface area contributed by atoms with Crippen molar-refractivity contribution in [2.75, 3.05) is 19.7 Å². The van der Waals surface area contributed by atoms with Crippen molar-refractivity contribution in [3.8, 4) is 5.75 Å². The number of carbonyl (C=O) groups excluding carboxylic acids is 1. The van der Waals surface area contributed by atoms with Crippen LogP contribution in [0.3, 0.4) is 0 Å². The number of phenols is 1. The van der Waals surface area contributed by atoms with Gasteiger partial charge in [0.15, 0.2) is 0 Å². The van der Waals surface area contributed by atoms with Crippen molar-refractivity contribution in [2.24, 2.45) is 0 Å². The first-order valence-electron chi connectivity index (χ1n) is 6.29. The SMILES string of the molecule is CC1(C)CN(C(=O)c2ccccc2O)CC(CO)O1. The number of aliphatic hydroxyl groups is 1. The third-order valence-electron chi connectivity index (χ3n) is 3.11. The predicted octanol–water partition coefficient (Wildman–Crippen LogP) is 1.00. The van der Waals surface area contributed by atoms with Gasteiger partial charge >= 0.3 is 0 Å². The molecule has 1 saturated heterocycles. The number of carbonyl (C=O) groups is 1. The maximum Gasteiger partial charge on any atom is 0.257 e. The lowest BCUT2D eigenvalue weighted by atomic mass is 10.0. The molecule has 0 spiro atoms. The Balaban J connectivity index is 2.21. The number of aliphatic hydroxyl groups excluding tert-OH is 1. The summed E-state index contributed by atoms with van der Waals surface area (Å²) in [7, 11) is 0. The van der Waals surface area contributed by atoms with E-state index in [1.165, 1.54) is 6.07 Å². The maximum absolute atomic E-state index is 12.4. The largest absolute Gasteiger partial charge is 0.507 e. The first-order valence-corrected chi connectivity index (χ1v) is 6.29. The Bertz CT molecular complexity index is 472. The second kappa shape index (κ2) is 5.19. The second-order valence-corrected chi connectivity index (χ2v) is 5.38. The molecule has 5 nitrogen and oxygen atoms in total. The monoisotopic (exact) mass is 265 g/mol. The molecule has 1 aromatic rings. The van der Waals surface area contributed by atoms with Crippen LogP contribution in [0.25, 0.3) is 0 Å². The van der Waals surface area contributed by atoms with Gasteiger partial charge in [-0.2, -0.15) is 0 Å². The fourth-order valence-corrected chi connectivity index (χ4v) is 2.37. The third kappa shape index (κ3) is 3.05. The van der Waals surface area contributed by atoms with Crippen LogP contribution in [0.2, 0.25) is 0 Å². The van der Waals surface area contributed by atoms with Crippen LogP contribution in [0.1, 0.15) is 24.2 Å². The minimum Gasteiger partial charge on any atom is -0.507 e. The van der Waals surface area contributed by atoms with Gasteiger partial charge in [0.05, 0.1) is 23.9 Å². The van der Waals surface area contributed by atoms with Crippen molar-refractivity contribution in [1.29, 1.82) is 0 Å². The minimum atomic E-state index is -0.508. The molecule has 0 aliphatic carbocycles. The molecule has 104 valence electrons. The van der Waals surface area contributed by atoms with Crippen LogP contribution < -0.4 is 0 Å². The van der Waals surface area contributed by atoms with Crippen molar-refractivity contribution in [3.05, 3.63) is 29.8 Å². The molecular formula is C14H19NO4. The average molecular weight is 265 g/mol. The number of nitrogens with zero attached hydrogens (tertiary/aromatic N) is 1. The van der Waals surface area contributed by atoms with Gasteiger partial charge in [-0.3, -0.25) is 4.79 Å². The van der Waals surface area contributed by atoms with E-state index in [2.05, 4.69) is 0 Å². The summed E-state index contributed by atoms with van der Waals surface area (Å²) < 4.78 is 5.66. The Morgan fingerprint density at radius 3 is 2.79 bits per heavy atom. The van der Waals surface area contributed by atoms with Gasteiger partial charge in [-0.25, -0.2) is 0 Å². The van der Waals surface area contributed by atoms with E-state index in [1.54, 1.807) is 23.1 Å². The number of amides is 1. The fourth-order valence-electron chi connectivity index (χ4n) is 2.37. The standard InChI is InChI=1S/C14H19NO4/c1-14(2)9-15(7-10(8-16)19-14)13(18)11-5-3-4-6-12(11)17/h3-6,10,16-17H,7-9H2,1-2H3. The van der Waals surface area contributed by atoms with E-state index in [-0.39, 0.29) is 23.8 Å². The number of rotatable bonds is 2. The molecular weight excluding hydrogens is 246 g/mol. The van der Waals surface area contributed by atoms with Crippen LogP contribution in [0, 0.1) is 0 Å². The number of benzene rings is 1. The zero-order chi connectivity index (χ0) is 14.0. The number of para-hydroxylation sites is 1. The summed E-state index contributed by atoms with van der Waals surface area (Å²) >= 11 is 0. The highest BCUT2D eigenvalue weighted by Crippen LogP contribution is 2.24. The Kier molecular flexibility index (Phi) is 3.78. The van der Waals surface area contributed by atoms with E-state index in [4.69, 9.17) is 4.74 Å². The van der Waals surface area contributed by atoms with Crippen LogP contribution >= 0.6 is 0 Å². The first kappa shape index (κ1) is 13.8. The lowest BCUT2D eigenvalue weighted by Gasteiger charge is -2.42. The van der Waals surface area contributed by atoms with Crippen LogP contribution in [0.15, 0.2) is 24.3 Å². The zero-order valence-electron chi connectivity index (χ0n) is 11.2. The Morgan fingerprint density at radius 1 is 1.47 bits per heavy atom. The molecule has 1 amide bonds. The zero-order valence-corrected chi connectivity index (χ0v) is 11.2. The molecule has 19 heavy (non-hydrogen) atoms. The fraction of sp³-hybridized carbons (Fsp3) is 0.500. The van der Waals surface area contributed by atoms with Crippen molar-refractivity contribution >= 4 is 5.91 Å². The second-order valence-electron chi connectivity index (χ2n) is 5.38. The highest BCUT2D eigenvalue weighted by Gasteiger charge is 2.36. The summed E-state index contributed by atoms with van der Waals surface area (Å²) in [6, 6.07) is 6.46. The molecule has 1 aliphatic rings. The van der Waals surface area contributed by atoms with Gasteiger partial charge in [0.25, 0.3) is 5.91 Å². The van der Waals surface area contributed by atoms with Crippen LogP contribution in [0.5, 0.6) is 5.75 Å². The number of hydrogen-bond acceptors (Lipinski definition) is 4. The summed E-state index contributed by atoms with van der Waals surface area (Å²) in [5, 5.41) is 19.0. The Morgan fingerprint density at radius 2 is 2.16 bits per heavy atom. The van der Waals surface area contributed by atoms with Gasteiger partial charge in [0.2, 0.25) is 0 Å². The van der Waals surface area contributed by atoms with Gasteiger partial charge in [0.1, 0.15) is 5.75 Å². The number of hydrogen-bond donors (Lipinski definition) is 2. The molecule has 1 aromatic carbocycles. The molecule has 2 N–H and O–H groups in total. The average Bonchev–Trinajstić information content (AvgIpc) is 2.36. The molecule has 0 aromatic heterocycles. The van der Waals surface area contributed by atoms with E-state index < -0.39 is 11.7 Å². The van der Waals surface area contributed by atoms with Gasteiger partial charge in [-0.1, -0.05) is 12.1 Å². The number of phenolic OH excluding ortho intramolecular Hbond substituents is 1. The topological polar surface area (TPSA) is 70.0 Å². The molecule has 0 radical (unpaired) electrons. The van der Waals surface area contributed by atoms with E-state index in [9.17, 15) is 15.0 Å². The van der Waals surface area contributed by atoms with Crippen molar-refractivity contribution < 1.29 is 19.7 Å². The molecule has 0 saturated carbocycles. The lowest BCUT2D eigenvalue weighted by molar-refractivity contribution is -0.139. The van der Waals surface area contributed by atoms with Gasteiger partial charge < -0.3 is 19.8 Å². The number of morpholine rings is 1. The van der Waals surface area contributed by atoms with Crippen molar-refractivity contribution in [2.45, 2.75) is 25.6 Å². The highest BCUT2D eigenvalue weighted by molar-refractivity contribution is 5.96. The molecule has 1 heterocycles. The third-order valence-corrected chi connectivity index (χ3v) is 3.11. The summed E-state index contributed by atoms with van der Waals surface area (Å²) in [6.45, 7) is 4.37. The summed E-state index contributed by atoms with van der Waals surface area (Å²) in [5.41, 5.74) is -0.233. The van der Waals surface area contributed by atoms with Gasteiger partial charge in [0, 0.05) is 13.1 Å². The number of ether oxygens (including phenoxy) is 1. The highest BCUT2D eigenvalue weighted by atomic mass is 16.5. The Hall–Kier alpha value is -1.59. The summed E-state index contributed by atoms with van der Waals surface area (Å²) in [4.78, 5) is 14.0. The molecule has 1 unspecified atom stereocenters. The molecule has 1 fully saturated rings. The molecule has 2 rings (SSSR count). The minimum absolute atomic E-state index is 0.0302. The summed E-state index contributed by atoms with van der Waals surface area (Å²) in [5.74, 6) is -0.273. The molecule has 1 atom stereocenters. The van der Waals surface area contributed by atoms with Crippen LogP contribution in [0.4, 0.5) is 0 Å². The maximum atomic E-state index is 12.4. The molecule has 5 heteroatoms. The normalized spacial score (nSPS) is 22.3. The van der Waals surface area contributed by atoms with E-state index >= 15 is 0 Å². The number of aromatic hydroxyl groups is 1. The summed E-state index contributed by atoms with van der Waals surface area (Å²) in [6.07, 6.45) is -0.390. The van der Waals surface area contributed by atoms with E-state index in [0.29, 0.717) is 13.1 Å². The van der Waals surface area contributed by atoms with Gasteiger partial charge in [-0.05, 0) is 26.0 Å². The quantitative estimate of drug-likeness (QED) is 0.837. The van der Waals surface area contributed by atoms with E-state index in [0.717, 1.165) is 0 Å². The molecule has 1 aliphatic heterocycles. The molecule has 0 bridgehead atoms. The predicted molar refractivity (Wildman–Crippen MR) is 70.0 cm³/mol. The van der Waals surface area contributed by atoms with E-state index in [1.807, 2.05) is 13.8 Å². The Labute approximate surface area is 112 Å². The van der Waals surface area contributed by atoms with Crippen LogP contribution in [-0.2, 0) is 4.74 Å². The van der Waals surface area contributed by atoms with Crippen LogP contribution in [-0.4, -0.2) is 52.4 Å². The lowest BCUT2D eigenvalue weighted by Crippen LogP contribution is -2.55. The van der Waals surface area contributed by atoms with Crippen molar-refractivity contribution in [1.82, 2.24) is 4.90 Å². The first-order chi connectivity index (χ1) is 8.93. The smallest absolute Gasteiger partial charge is 0.257 e.